The molecule has 2 heterocycles. The number of nitro groups is 1. The summed E-state index contributed by atoms with van der Waals surface area (Å²) < 4.78 is 1.56. The molecule has 1 aromatic carbocycles. The second kappa shape index (κ2) is 6.70. The molecule has 0 saturated carbocycles. The average Bonchev–Trinajstić information content (AvgIpc) is 2.90. The van der Waals surface area contributed by atoms with Crippen LogP contribution >= 0.6 is 11.6 Å². The van der Waals surface area contributed by atoms with E-state index in [1.165, 1.54) is 18.3 Å². The summed E-state index contributed by atoms with van der Waals surface area (Å²) in [5.74, 6) is -0.498. The number of hydrazone groups is 1. The van der Waals surface area contributed by atoms with Gasteiger partial charge >= 0.3 is 0 Å². The van der Waals surface area contributed by atoms with E-state index in [9.17, 15) is 14.9 Å². The van der Waals surface area contributed by atoms with E-state index in [4.69, 9.17) is 11.6 Å². The molecule has 0 atom stereocenters. The second-order valence-electron chi connectivity index (χ2n) is 5.14. The van der Waals surface area contributed by atoms with Gasteiger partial charge in [0, 0.05) is 12.3 Å². The molecule has 3 aromatic rings. The van der Waals surface area contributed by atoms with Crippen LogP contribution in [0.2, 0.25) is 5.02 Å². The third kappa shape index (κ3) is 3.33. The van der Waals surface area contributed by atoms with Crippen LogP contribution < -0.4 is 5.43 Å². The second-order valence-corrected chi connectivity index (χ2v) is 5.57. The van der Waals surface area contributed by atoms with Gasteiger partial charge in [0.25, 0.3) is 11.6 Å². The molecule has 8 nitrogen and oxygen atoms in total. The molecule has 126 valence electrons. The molecule has 0 aliphatic heterocycles. The molecule has 9 heteroatoms. The Balaban J connectivity index is 1.86. The number of aryl methyl sites for hydroxylation is 1. The molecule has 3 rings (SSSR count). The maximum absolute atomic E-state index is 12.4. The number of nitrogens with one attached hydrogen (secondary N) is 1. The van der Waals surface area contributed by atoms with Crippen LogP contribution in [0.25, 0.3) is 5.65 Å². The lowest BCUT2D eigenvalue weighted by atomic mass is 10.2. The van der Waals surface area contributed by atoms with E-state index in [1.54, 1.807) is 41.8 Å². The summed E-state index contributed by atoms with van der Waals surface area (Å²) in [4.78, 5) is 27.1. The predicted molar refractivity (Wildman–Crippen MR) is 93.1 cm³/mol. The summed E-state index contributed by atoms with van der Waals surface area (Å²) in [6, 6.07) is 9.47. The molecular weight excluding hydrogens is 346 g/mol. The zero-order chi connectivity index (χ0) is 18.0. The molecule has 0 spiro atoms. The molecule has 0 aliphatic rings. The lowest BCUT2D eigenvalue weighted by Gasteiger charge is -2.02. The van der Waals surface area contributed by atoms with Crippen LogP contribution in [0, 0.1) is 17.0 Å². The van der Waals surface area contributed by atoms with Crippen LogP contribution in [0.15, 0.2) is 47.7 Å². The van der Waals surface area contributed by atoms with Crippen molar-refractivity contribution in [1.29, 1.82) is 0 Å². The van der Waals surface area contributed by atoms with E-state index < -0.39 is 10.8 Å². The van der Waals surface area contributed by atoms with Gasteiger partial charge in [0.1, 0.15) is 11.3 Å². The Kier molecular flexibility index (Phi) is 4.44. The minimum absolute atomic E-state index is 0.0988. The quantitative estimate of drug-likeness (QED) is 0.440. The molecular formula is C16H12ClN5O3. The van der Waals surface area contributed by atoms with Gasteiger partial charge in [-0.3, -0.25) is 19.3 Å². The van der Waals surface area contributed by atoms with Gasteiger partial charge in [-0.05, 0) is 25.1 Å². The van der Waals surface area contributed by atoms with Gasteiger partial charge in [0.2, 0.25) is 0 Å². The number of aromatic nitrogens is 2. The number of hydrogen-bond donors (Lipinski definition) is 1. The van der Waals surface area contributed by atoms with Crippen LogP contribution in [0.5, 0.6) is 0 Å². The third-order valence-corrected chi connectivity index (χ3v) is 3.70. The van der Waals surface area contributed by atoms with E-state index in [-0.39, 0.29) is 16.9 Å². The predicted octanol–water partition coefficient (Wildman–Crippen LogP) is 2.97. The van der Waals surface area contributed by atoms with E-state index >= 15 is 0 Å². The summed E-state index contributed by atoms with van der Waals surface area (Å²) in [6.45, 7) is 1.70. The van der Waals surface area contributed by atoms with Crippen molar-refractivity contribution in [3.63, 3.8) is 0 Å². The first kappa shape index (κ1) is 16.6. The van der Waals surface area contributed by atoms with Gasteiger partial charge in [0.15, 0.2) is 0 Å². The zero-order valence-corrected chi connectivity index (χ0v) is 13.8. The Morgan fingerprint density at radius 3 is 2.88 bits per heavy atom. The van der Waals surface area contributed by atoms with Gasteiger partial charge in [-0.15, -0.1) is 0 Å². The van der Waals surface area contributed by atoms with Gasteiger partial charge < -0.3 is 0 Å². The first-order chi connectivity index (χ1) is 12.0. The van der Waals surface area contributed by atoms with E-state index in [1.807, 2.05) is 0 Å². The number of benzene rings is 1. The number of fused-ring (bicyclic) bond motifs is 1. The minimum atomic E-state index is -0.514. The number of imidazole rings is 1. The summed E-state index contributed by atoms with van der Waals surface area (Å²) >= 11 is 5.96. The number of carbonyl (C=O) groups excluding carboxylic acids is 1. The van der Waals surface area contributed by atoms with Crippen LogP contribution in [0.3, 0.4) is 0 Å². The number of halogens is 1. The lowest BCUT2D eigenvalue weighted by Crippen LogP contribution is -2.20. The highest BCUT2D eigenvalue weighted by atomic mass is 35.5. The smallest absolute Gasteiger partial charge is 0.290 e. The molecule has 2 aromatic heterocycles. The van der Waals surface area contributed by atoms with Gasteiger partial charge in [0.05, 0.1) is 27.4 Å². The highest BCUT2D eigenvalue weighted by Gasteiger charge is 2.16. The Bertz CT molecular complexity index is 1010. The minimum Gasteiger partial charge on any atom is -0.294 e. The maximum Gasteiger partial charge on any atom is 0.290 e. The van der Waals surface area contributed by atoms with Crippen molar-refractivity contribution in [2.24, 2.45) is 5.10 Å². The number of nitro benzene ring substituents is 1. The third-order valence-electron chi connectivity index (χ3n) is 3.47. The largest absolute Gasteiger partial charge is 0.294 e. The molecule has 0 aliphatic carbocycles. The Morgan fingerprint density at radius 1 is 1.36 bits per heavy atom. The molecule has 0 unspecified atom stereocenters. The standard InChI is InChI=1S/C16H12ClN5O3/c1-10-15(21-9-12(17)6-7-14(21)19-10)16(23)20-18-8-11-4-2-3-5-13(11)22(24)25/h2-9H,1H3,(H,20,23)/b18-8+. The Labute approximate surface area is 146 Å². The average molecular weight is 358 g/mol. The number of hydrogen-bond acceptors (Lipinski definition) is 5. The highest BCUT2D eigenvalue weighted by Crippen LogP contribution is 2.17. The Hall–Kier alpha value is -3.26. The van der Waals surface area contributed by atoms with Gasteiger partial charge in [-0.2, -0.15) is 5.10 Å². The SMILES string of the molecule is Cc1nc2ccc(Cl)cn2c1C(=O)N/N=C/c1ccccc1[N+](=O)[O-]. The van der Waals surface area contributed by atoms with Crippen molar-refractivity contribution in [2.45, 2.75) is 6.92 Å². The van der Waals surface area contributed by atoms with E-state index in [0.29, 0.717) is 16.4 Å². The molecule has 0 radical (unpaired) electrons. The molecule has 1 N–H and O–H groups in total. The summed E-state index contributed by atoms with van der Waals surface area (Å²) in [5.41, 5.74) is 3.92. The van der Waals surface area contributed by atoms with Crippen molar-refractivity contribution in [3.8, 4) is 0 Å². The summed E-state index contributed by atoms with van der Waals surface area (Å²) in [5, 5.41) is 15.2. The summed E-state index contributed by atoms with van der Waals surface area (Å²) in [7, 11) is 0. The maximum atomic E-state index is 12.4. The van der Waals surface area contributed by atoms with E-state index in [0.717, 1.165) is 0 Å². The van der Waals surface area contributed by atoms with Crippen LogP contribution in [-0.4, -0.2) is 26.4 Å². The number of rotatable bonds is 4. The molecule has 25 heavy (non-hydrogen) atoms. The summed E-state index contributed by atoms with van der Waals surface area (Å²) in [6.07, 6.45) is 2.80. The van der Waals surface area contributed by atoms with Crippen molar-refractivity contribution < 1.29 is 9.72 Å². The van der Waals surface area contributed by atoms with Crippen molar-refractivity contribution in [3.05, 3.63) is 74.7 Å². The topological polar surface area (TPSA) is 102 Å². The van der Waals surface area contributed by atoms with Crippen molar-refractivity contribution >= 4 is 35.1 Å². The first-order valence-corrected chi connectivity index (χ1v) is 7.56. The number of nitrogens with zero attached hydrogens (tertiary/aromatic N) is 4. The molecule has 0 bridgehead atoms. The van der Waals surface area contributed by atoms with Crippen LogP contribution in [-0.2, 0) is 0 Å². The number of carbonyl (C=O) groups is 1. The number of amides is 1. The van der Waals surface area contributed by atoms with Crippen LogP contribution in [0.1, 0.15) is 21.7 Å². The lowest BCUT2D eigenvalue weighted by molar-refractivity contribution is -0.385. The molecule has 0 saturated heterocycles. The van der Waals surface area contributed by atoms with Gasteiger partial charge in [-0.1, -0.05) is 23.7 Å². The monoisotopic (exact) mass is 357 g/mol. The van der Waals surface area contributed by atoms with Crippen LogP contribution in [0.4, 0.5) is 5.69 Å². The van der Waals surface area contributed by atoms with Crippen molar-refractivity contribution in [1.82, 2.24) is 14.8 Å². The highest BCUT2D eigenvalue weighted by molar-refractivity contribution is 6.30. The first-order valence-electron chi connectivity index (χ1n) is 7.18. The fourth-order valence-electron chi connectivity index (χ4n) is 2.39. The molecule has 0 fully saturated rings. The number of pyridine rings is 1. The van der Waals surface area contributed by atoms with Crippen molar-refractivity contribution in [2.75, 3.05) is 0 Å². The Morgan fingerprint density at radius 2 is 2.12 bits per heavy atom. The fraction of sp³-hybridized carbons (Fsp3) is 0.0625. The normalized spacial score (nSPS) is 11.1. The van der Waals surface area contributed by atoms with Gasteiger partial charge in [-0.25, -0.2) is 10.4 Å². The zero-order valence-electron chi connectivity index (χ0n) is 13.0. The fourth-order valence-corrected chi connectivity index (χ4v) is 2.55. The van der Waals surface area contributed by atoms with E-state index in [2.05, 4.69) is 15.5 Å². The number of para-hydroxylation sites is 1. The molecule has 1 amide bonds.